The molecule has 24 heavy (non-hydrogen) atoms. The Kier molecular flexibility index (Phi) is 4.73. The lowest BCUT2D eigenvalue weighted by Crippen LogP contribution is -2.14. The summed E-state index contributed by atoms with van der Waals surface area (Å²) in [6, 6.07) is 17.8. The van der Waals surface area contributed by atoms with E-state index >= 15 is 0 Å². The molecule has 0 spiro atoms. The summed E-state index contributed by atoms with van der Waals surface area (Å²) < 4.78 is 27.6. The lowest BCUT2D eigenvalue weighted by atomic mass is 10.2. The molecule has 0 amide bonds. The fraction of sp³-hybridized carbons (Fsp3) is 0.200. The first-order valence-corrected chi connectivity index (χ1v) is 9.48. The van der Waals surface area contributed by atoms with Crippen LogP contribution in [0.4, 0.5) is 0 Å². The Morgan fingerprint density at radius 2 is 1.71 bits per heavy atom. The highest BCUT2D eigenvalue weighted by Gasteiger charge is 2.21. The molecule has 0 N–H and O–H groups in total. The lowest BCUT2D eigenvalue weighted by Gasteiger charge is -2.09. The molecule has 4 heteroatoms. The van der Waals surface area contributed by atoms with Crippen LogP contribution in [0.1, 0.15) is 31.9 Å². The van der Waals surface area contributed by atoms with Crippen molar-refractivity contribution < 1.29 is 8.42 Å². The third-order valence-corrected chi connectivity index (χ3v) is 5.56. The SMILES string of the molecule is CCCCC#Cc1cc2ccccc2n1S(=O)(=O)c1ccccc1. The van der Waals surface area contributed by atoms with Crippen molar-refractivity contribution in [2.75, 3.05) is 0 Å². The van der Waals surface area contributed by atoms with Crippen molar-refractivity contribution in [3.8, 4) is 11.8 Å². The third-order valence-electron chi connectivity index (χ3n) is 3.82. The predicted molar refractivity (Wildman–Crippen MR) is 97.4 cm³/mol. The fourth-order valence-corrected chi connectivity index (χ4v) is 4.09. The maximum atomic E-state index is 13.1. The van der Waals surface area contributed by atoms with Crippen molar-refractivity contribution >= 4 is 20.9 Å². The molecule has 0 saturated heterocycles. The zero-order valence-corrected chi connectivity index (χ0v) is 14.4. The Hall–Kier alpha value is -2.51. The number of rotatable bonds is 4. The second-order valence-electron chi connectivity index (χ2n) is 5.58. The molecular formula is C20H19NO2S. The van der Waals surface area contributed by atoms with Crippen LogP contribution < -0.4 is 0 Å². The summed E-state index contributed by atoms with van der Waals surface area (Å²) in [5.41, 5.74) is 1.16. The van der Waals surface area contributed by atoms with Crippen molar-refractivity contribution in [1.82, 2.24) is 3.97 Å². The topological polar surface area (TPSA) is 39.1 Å². The van der Waals surface area contributed by atoms with E-state index in [0.717, 1.165) is 24.6 Å². The van der Waals surface area contributed by atoms with Gasteiger partial charge in [-0.1, -0.05) is 55.7 Å². The average Bonchev–Trinajstić information content (AvgIpc) is 2.98. The van der Waals surface area contributed by atoms with Crippen molar-refractivity contribution in [2.24, 2.45) is 0 Å². The fourth-order valence-electron chi connectivity index (χ4n) is 2.59. The highest BCUT2D eigenvalue weighted by molar-refractivity contribution is 7.90. The summed E-state index contributed by atoms with van der Waals surface area (Å²) in [6.07, 6.45) is 2.85. The van der Waals surface area contributed by atoms with E-state index in [1.807, 2.05) is 30.3 Å². The number of benzene rings is 2. The van der Waals surface area contributed by atoms with Crippen LogP contribution in [0.25, 0.3) is 10.9 Å². The Balaban J connectivity index is 2.19. The number of fused-ring (bicyclic) bond motifs is 1. The average molecular weight is 337 g/mol. The molecule has 0 fully saturated rings. The van der Waals surface area contributed by atoms with Crippen molar-refractivity contribution in [2.45, 2.75) is 31.1 Å². The Morgan fingerprint density at radius 1 is 1.00 bits per heavy atom. The third kappa shape index (κ3) is 3.08. The summed E-state index contributed by atoms with van der Waals surface area (Å²) in [7, 11) is -3.68. The van der Waals surface area contributed by atoms with Gasteiger partial charge >= 0.3 is 0 Å². The van der Waals surface area contributed by atoms with Crippen LogP contribution in [-0.4, -0.2) is 12.4 Å². The summed E-state index contributed by atoms with van der Waals surface area (Å²) in [6.45, 7) is 2.11. The van der Waals surface area contributed by atoms with E-state index in [0.29, 0.717) is 11.2 Å². The molecule has 1 aromatic heterocycles. The monoisotopic (exact) mass is 337 g/mol. The molecule has 3 aromatic rings. The number of aromatic nitrogens is 1. The summed E-state index contributed by atoms with van der Waals surface area (Å²) in [5, 5.41) is 0.872. The zero-order valence-electron chi connectivity index (χ0n) is 13.6. The zero-order chi connectivity index (χ0) is 17.0. The smallest absolute Gasteiger partial charge is 0.226 e. The maximum Gasteiger partial charge on any atom is 0.269 e. The minimum atomic E-state index is -3.68. The number of nitrogens with zero attached hydrogens (tertiary/aromatic N) is 1. The van der Waals surface area contributed by atoms with Gasteiger partial charge in [0.05, 0.1) is 10.4 Å². The van der Waals surface area contributed by atoms with E-state index in [1.165, 1.54) is 3.97 Å². The molecular weight excluding hydrogens is 318 g/mol. The molecule has 0 aliphatic carbocycles. The van der Waals surface area contributed by atoms with Gasteiger partial charge in [0.2, 0.25) is 0 Å². The van der Waals surface area contributed by atoms with Crippen LogP contribution in [0.5, 0.6) is 0 Å². The van der Waals surface area contributed by atoms with Crippen LogP contribution in [0, 0.1) is 11.8 Å². The van der Waals surface area contributed by atoms with Gasteiger partial charge in [-0.2, -0.15) is 0 Å². The molecule has 0 unspecified atom stereocenters. The highest BCUT2D eigenvalue weighted by Crippen LogP contribution is 2.25. The van der Waals surface area contributed by atoms with Gasteiger partial charge in [0.15, 0.2) is 0 Å². The summed E-state index contributed by atoms with van der Waals surface area (Å²) >= 11 is 0. The normalized spacial score (nSPS) is 11.2. The molecule has 122 valence electrons. The quantitative estimate of drug-likeness (QED) is 0.522. The molecule has 0 radical (unpaired) electrons. The second kappa shape index (κ2) is 6.94. The number of unbranched alkanes of at least 4 members (excludes halogenated alkanes) is 2. The number of hydrogen-bond acceptors (Lipinski definition) is 2. The standard InChI is InChI=1S/C20H19NO2S/c1-2-3-4-6-12-18-16-17-11-9-10-15-20(17)21(18)24(22,23)19-13-7-5-8-14-19/h5,7-11,13-16H,2-4H2,1H3. The largest absolute Gasteiger partial charge is 0.269 e. The minimum absolute atomic E-state index is 0.267. The van der Waals surface area contributed by atoms with Crippen LogP contribution in [0.3, 0.4) is 0 Å². The van der Waals surface area contributed by atoms with Crippen LogP contribution in [-0.2, 0) is 10.0 Å². The summed E-state index contributed by atoms with van der Waals surface area (Å²) in [4.78, 5) is 0.267. The van der Waals surface area contributed by atoms with Crippen molar-refractivity contribution in [3.63, 3.8) is 0 Å². The van der Waals surface area contributed by atoms with E-state index in [-0.39, 0.29) is 4.90 Å². The number of hydrogen-bond donors (Lipinski definition) is 0. The van der Waals surface area contributed by atoms with Gasteiger partial charge < -0.3 is 0 Å². The number of para-hydroxylation sites is 1. The molecule has 3 rings (SSSR count). The first-order valence-electron chi connectivity index (χ1n) is 8.04. The first-order chi connectivity index (χ1) is 11.6. The molecule has 0 bridgehead atoms. The van der Waals surface area contributed by atoms with Crippen LogP contribution in [0.15, 0.2) is 65.6 Å². The van der Waals surface area contributed by atoms with Gasteiger partial charge in [-0.25, -0.2) is 12.4 Å². The van der Waals surface area contributed by atoms with E-state index in [2.05, 4.69) is 18.8 Å². The van der Waals surface area contributed by atoms with Gasteiger partial charge in [0.25, 0.3) is 10.0 Å². The molecule has 0 aliphatic rings. The molecule has 0 atom stereocenters. The molecule has 3 nitrogen and oxygen atoms in total. The van der Waals surface area contributed by atoms with Gasteiger partial charge in [0.1, 0.15) is 5.69 Å². The molecule has 2 aromatic carbocycles. The second-order valence-corrected chi connectivity index (χ2v) is 7.36. The Morgan fingerprint density at radius 3 is 2.46 bits per heavy atom. The van der Waals surface area contributed by atoms with E-state index in [9.17, 15) is 8.42 Å². The highest BCUT2D eigenvalue weighted by atomic mass is 32.2. The van der Waals surface area contributed by atoms with Crippen molar-refractivity contribution in [3.05, 3.63) is 66.4 Å². The summed E-state index contributed by atoms with van der Waals surface area (Å²) in [5.74, 6) is 6.14. The van der Waals surface area contributed by atoms with Gasteiger partial charge in [-0.3, -0.25) is 0 Å². The van der Waals surface area contributed by atoms with E-state index < -0.39 is 10.0 Å². The molecule has 0 saturated carbocycles. The Labute approximate surface area is 143 Å². The van der Waals surface area contributed by atoms with Gasteiger partial charge in [0, 0.05) is 11.8 Å². The molecule has 1 heterocycles. The lowest BCUT2D eigenvalue weighted by molar-refractivity contribution is 0.588. The van der Waals surface area contributed by atoms with Gasteiger partial charge in [-0.05, 0) is 36.6 Å². The molecule has 0 aliphatic heterocycles. The minimum Gasteiger partial charge on any atom is -0.226 e. The van der Waals surface area contributed by atoms with Gasteiger partial charge in [-0.15, -0.1) is 0 Å². The van der Waals surface area contributed by atoms with Crippen LogP contribution in [0.2, 0.25) is 0 Å². The maximum absolute atomic E-state index is 13.1. The van der Waals surface area contributed by atoms with Crippen molar-refractivity contribution in [1.29, 1.82) is 0 Å². The first kappa shape index (κ1) is 16.4. The van der Waals surface area contributed by atoms with E-state index in [1.54, 1.807) is 30.3 Å². The predicted octanol–water partition coefficient (Wildman–Crippen LogP) is 4.42. The Bertz CT molecular complexity index is 1010. The van der Waals surface area contributed by atoms with Crippen LogP contribution >= 0.6 is 0 Å². The van der Waals surface area contributed by atoms with E-state index in [4.69, 9.17) is 0 Å².